The second-order valence-corrected chi connectivity index (χ2v) is 9.00. The maximum absolute atomic E-state index is 5.77. The van der Waals surface area contributed by atoms with Crippen LogP contribution in [0.2, 0.25) is 0 Å². The van der Waals surface area contributed by atoms with E-state index in [1.807, 2.05) is 0 Å². The maximum atomic E-state index is 5.77. The largest absolute Gasteiger partial charge is 0.377 e. The summed E-state index contributed by atoms with van der Waals surface area (Å²) in [7, 11) is 0. The van der Waals surface area contributed by atoms with Crippen LogP contribution >= 0.6 is 0 Å². The van der Waals surface area contributed by atoms with E-state index in [9.17, 15) is 0 Å². The van der Waals surface area contributed by atoms with E-state index in [0.717, 1.165) is 25.0 Å². The van der Waals surface area contributed by atoms with Gasteiger partial charge in [-0.25, -0.2) is 0 Å². The quantitative estimate of drug-likeness (QED) is 0.270. The van der Waals surface area contributed by atoms with E-state index in [0.29, 0.717) is 0 Å². The van der Waals surface area contributed by atoms with Gasteiger partial charge in [0.15, 0.2) is 0 Å². The Hall–Kier alpha value is -1.86. The summed E-state index contributed by atoms with van der Waals surface area (Å²) in [5.74, 6) is 1.76. The van der Waals surface area contributed by atoms with Gasteiger partial charge >= 0.3 is 0 Å². The van der Waals surface area contributed by atoms with Crippen LogP contribution in [0.5, 0.6) is 0 Å². The summed E-state index contributed by atoms with van der Waals surface area (Å²) < 4.78 is 5.77. The van der Waals surface area contributed by atoms with Crippen molar-refractivity contribution in [2.45, 2.75) is 78.2 Å². The van der Waals surface area contributed by atoms with Crippen molar-refractivity contribution in [1.29, 1.82) is 0 Å². The van der Waals surface area contributed by atoms with Crippen molar-refractivity contribution >= 4 is 0 Å². The Labute approximate surface area is 184 Å². The summed E-state index contributed by atoms with van der Waals surface area (Å²) in [6.07, 6.45) is 16.4. The van der Waals surface area contributed by atoms with Crippen LogP contribution in [0.25, 0.3) is 11.1 Å². The Morgan fingerprint density at radius 2 is 1.47 bits per heavy atom. The summed E-state index contributed by atoms with van der Waals surface area (Å²) in [6.45, 7) is 5.96. The van der Waals surface area contributed by atoms with Gasteiger partial charge in [-0.15, -0.1) is 0 Å². The van der Waals surface area contributed by atoms with Crippen LogP contribution in [0.15, 0.2) is 60.7 Å². The smallest absolute Gasteiger partial charge is 0.0716 e. The van der Waals surface area contributed by atoms with Crippen LogP contribution < -0.4 is 0 Å². The first-order valence-electron chi connectivity index (χ1n) is 12.2. The van der Waals surface area contributed by atoms with Crippen LogP contribution in [0.1, 0.15) is 76.3 Å². The van der Waals surface area contributed by atoms with Gasteiger partial charge < -0.3 is 4.74 Å². The summed E-state index contributed by atoms with van der Waals surface area (Å²) in [5, 5.41) is 0. The molecule has 0 N–H and O–H groups in total. The van der Waals surface area contributed by atoms with Gasteiger partial charge in [-0.3, -0.25) is 0 Å². The Morgan fingerprint density at radius 3 is 2.07 bits per heavy atom. The third kappa shape index (κ3) is 7.43. The van der Waals surface area contributed by atoms with Crippen LogP contribution in [0.3, 0.4) is 0 Å². The van der Waals surface area contributed by atoms with E-state index >= 15 is 0 Å². The first kappa shape index (κ1) is 22.8. The first-order chi connectivity index (χ1) is 14.8. The fourth-order valence-corrected chi connectivity index (χ4v) is 4.61. The number of ether oxygens (including phenoxy) is 1. The molecule has 0 atom stereocenters. The molecule has 0 unspecified atom stereocenters. The van der Waals surface area contributed by atoms with E-state index < -0.39 is 0 Å². The van der Waals surface area contributed by atoms with Gasteiger partial charge in [0.25, 0.3) is 0 Å². The number of unbranched alkanes of at least 4 members (excludes halogenated alkanes) is 2. The molecule has 0 bridgehead atoms. The second-order valence-electron chi connectivity index (χ2n) is 9.00. The molecule has 1 aliphatic carbocycles. The van der Waals surface area contributed by atoms with Gasteiger partial charge in [-0.2, -0.15) is 0 Å². The zero-order chi connectivity index (χ0) is 21.0. The highest BCUT2D eigenvalue weighted by molar-refractivity contribution is 5.63. The summed E-state index contributed by atoms with van der Waals surface area (Å²) in [6, 6.07) is 18.1. The molecule has 1 fully saturated rings. The van der Waals surface area contributed by atoms with Crippen LogP contribution in [0.4, 0.5) is 0 Å². The third-order valence-corrected chi connectivity index (χ3v) is 6.60. The van der Waals surface area contributed by atoms with E-state index in [1.54, 1.807) is 0 Å². The molecule has 2 aromatic carbocycles. The second kappa shape index (κ2) is 12.7. The predicted molar refractivity (Wildman–Crippen MR) is 130 cm³/mol. The molecular formula is C29H40O. The van der Waals surface area contributed by atoms with Gasteiger partial charge in [0.05, 0.1) is 6.61 Å². The SMILES string of the molecule is C/C=C\C1CCC(CCc2ccc(-c3ccc(COCCCCC)cc3)cc2)CC1. The minimum Gasteiger partial charge on any atom is -0.377 e. The molecule has 0 aliphatic heterocycles. The highest BCUT2D eigenvalue weighted by Crippen LogP contribution is 2.32. The lowest BCUT2D eigenvalue weighted by Crippen LogP contribution is -2.13. The standard InChI is InChI=1S/C29H40O/c1-3-5-6-22-30-23-27-16-20-29(21-17-27)28-18-14-26(15-19-28)13-12-25-10-8-24(7-4-2)9-11-25/h4,7,14-21,24-25H,3,5-6,8-13,22-23H2,1-2H3/b7-4-. The molecule has 1 heteroatoms. The molecule has 0 saturated heterocycles. The molecule has 0 heterocycles. The Morgan fingerprint density at radius 1 is 0.833 bits per heavy atom. The summed E-state index contributed by atoms with van der Waals surface area (Å²) >= 11 is 0. The molecule has 1 nitrogen and oxygen atoms in total. The minimum atomic E-state index is 0.722. The molecule has 0 amide bonds. The first-order valence-corrected chi connectivity index (χ1v) is 12.2. The fourth-order valence-electron chi connectivity index (χ4n) is 4.61. The average molecular weight is 405 g/mol. The van der Waals surface area contributed by atoms with E-state index in [-0.39, 0.29) is 0 Å². The number of rotatable bonds is 11. The molecule has 0 radical (unpaired) electrons. The van der Waals surface area contributed by atoms with Crippen molar-refractivity contribution in [2.24, 2.45) is 11.8 Å². The molecule has 1 aliphatic rings. The van der Waals surface area contributed by atoms with Crippen molar-refractivity contribution in [3.05, 3.63) is 71.8 Å². The van der Waals surface area contributed by atoms with Crippen molar-refractivity contribution < 1.29 is 4.74 Å². The summed E-state index contributed by atoms with van der Waals surface area (Å²) in [4.78, 5) is 0. The normalized spacial score (nSPS) is 19.4. The fraction of sp³-hybridized carbons (Fsp3) is 0.517. The van der Waals surface area contributed by atoms with Gasteiger partial charge in [-0.05, 0) is 86.0 Å². The number of allylic oxidation sites excluding steroid dienone is 2. The van der Waals surface area contributed by atoms with Crippen LogP contribution in [0, 0.1) is 11.8 Å². The minimum absolute atomic E-state index is 0.722. The van der Waals surface area contributed by atoms with Gasteiger partial charge in [-0.1, -0.05) is 80.4 Å². The van der Waals surface area contributed by atoms with Gasteiger partial charge in [0.2, 0.25) is 0 Å². The Bertz CT molecular complexity index is 733. The zero-order valence-electron chi connectivity index (χ0n) is 19.1. The monoisotopic (exact) mass is 404 g/mol. The number of hydrogen-bond donors (Lipinski definition) is 0. The van der Waals surface area contributed by atoms with E-state index in [2.05, 4.69) is 74.5 Å². The van der Waals surface area contributed by atoms with Gasteiger partial charge in [0, 0.05) is 6.61 Å². The molecule has 2 aromatic rings. The molecule has 0 aromatic heterocycles. The molecule has 162 valence electrons. The number of benzene rings is 2. The third-order valence-electron chi connectivity index (χ3n) is 6.60. The number of hydrogen-bond acceptors (Lipinski definition) is 1. The van der Waals surface area contributed by atoms with Gasteiger partial charge in [0.1, 0.15) is 0 Å². The lowest BCUT2D eigenvalue weighted by atomic mass is 9.79. The van der Waals surface area contributed by atoms with Crippen molar-refractivity contribution in [1.82, 2.24) is 0 Å². The Kier molecular flexibility index (Phi) is 9.70. The van der Waals surface area contributed by atoms with Crippen LogP contribution in [-0.4, -0.2) is 6.61 Å². The van der Waals surface area contributed by atoms with Crippen molar-refractivity contribution in [3.63, 3.8) is 0 Å². The molecule has 0 spiro atoms. The zero-order valence-corrected chi connectivity index (χ0v) is 19.1. The highest BCUT2D eigenvalue weighted by atomic mass is 16.5. The maximum Gasteiger partial charge on any atom is 0.0716 e. The highest BCUT2D eigenvalue weighted by Gasteiger charge is 2.19. The van der Waals surface area contributed by atoms with Crippen molar-refractivity contribution in [3.8, 4) is 11.1 Å². The van der Waals surface area contributed by atoms with E-state index in [1.165, 1.54) is 80.0 Å². The molecule has 1 saturated carbocycles. The topological polar surface area (TPSA) is 9.23 Å². The van der Waals surface area contributed by atoms with E-state index in [4.69, 9.17) is 4.74 Å². The lowest BCUT2D eigenvalue weighted by molar-refractivity contribution is 0.117. The van der Waals surface area contributed by atoms with Crippen LogP contribution in [-0.2, 0) is 17.8 Å². The Balaban J connectivity index is 1.43. The predicted octanol–water partition coefficient (Wildman–Crippen LogP) is 8.38. The number of aryl methyl sites for hydroxylation is 1. The molecule has 30 heavy (non-hydrogen) atoms. The average Bonchev–Trinajstić information content (AvgIpc) is 2.79. The lowest BCUT2D eigenvalue weighted by Gasteiger charge is -2.26. The molecular weight excluding hydrogens is 364 g/mol. The summed E-state index contributed by atoms with van der Waals surface area (Å²) in [5.41, 5.74) is 5.34. The molecule has 3 rings (SSSR count). The van der Waals surface area contributed by atoms with Crippen molar-refractivity contribution in [2.75, 3.05) is 6.61 Å².